The van der Waals surface area contributed by atoms with Crippen LogP contribution >= 0.6 is 0 Å². The molecule has 1 rings (SSSR count). The molecule has 0 radical (unpaired) electrons. The van der Waals surface area contributed by atoms with E-state index in [-0.39, 0.29) is 0 Å². The van der Waals surface area contributed by atoms with Crippen LogP contribution in [0.3, 0.4) is 0 Å². The second-order valence-electron chi connectivity index (χ2n) is 3.36. The fraction of sp³-hybridized carbons (Fsp3) is 0.364. The van der Waals surface area contributed by atoms with E-state index in [9.17, 15) is 5.11 Å². The summed E-state index contributed by atoms with van der Waals surface area (Å²) in [5, 5.41) is 9.84. The van der Waals surface area contributed by atoms with E-state index >= 15 is 0 Å². The van der Waals surface area contributed by atoms with Gasteiger partial charge in [0.2, 0.25) is 0 Å². The average Bonchev–Trinajstić information content (AvgIpc) is 2.04. The number of nitrogens with zero attached hydrogens (tertiary/aromatic N) is 1. The zero-order chi connectivity index (χ0) is 9.73. The number of hydrogen-bond donors (Lipinski definition) is 1. The summed E-state index contributed by atoms with van der Waals surface area (Å²) >= 11 is 0. The Morgan fingerprint density at radius 3 is 2.85 bits per heavy atom. The molecule has 0 amide bonds. The molecule has 1 aromatic heterocycles. The van der Waals surface area contributed by atoms with Crippen molar-refractivity contribution in [1.29, 1.82) is 0 Å². The normalized spacial score (nSPS) is 15.9. The van der Waals surface area contributed by atoms with Gasteiger partial charge >= 0.3 is 0 Å². The zero-order valence-electron chi connectivity index (χ0n) is 8.07. The molecule has 2 nitrogen and oxygen atoms in total. The molecular weight excluding hydrogens is 162 g/mol. The van der Waals surface area contributed by atoms with Crippen molar-refractivity contribution in [3.8, 4) is 0 Å². The highest BCUT2D eigenvalue weighted by molar-refractivity contribution is 5.10. The molecule has 0 aromatic carbocycles. The molecule has 2 heteroatoms. The van der Waals surface area contributed by atoms with E-state index in [2.05, 4.69) is 4.98 Å². The number of allylic oxidation sites excluding steroid dienone is 1. The summed E-state index contributed by atoms with van der Waals surface area (Å²) in [4.78, 5) is 4.15. The van der Waals surface area contributed by atoms with Crippen molar-refractivity contribution in [1.82, 2.24) is 4.98 Å². The topological polar surface area (TPSA) is 33.1 Å². The smallest absolute Gasteiger partial charge is 0.0854 e. The van der Waals surface area contributed by atoms with E-state index < -0.39 is 5.60 Å². The van der Waals surface area contributed by atoms with Crippen LogP contribution in [0.5, 0.6) is 0 Å². The van der Waals surface area contributed by atoms with Gasteiger partial charge < -0.3 is 5.11 Å². The van der Waals surface area contributed by atoms with Gasteiger partial charge in [-0.1, -0.05) is 18.2 Å². The molecule has 70 valence electrons. The molecule has 0 aliphatic heterocycles. The summed E-state index contributed by atoms with van der Waals surface area (Å²) in [5.74, 6) is 0. The van der Waals surface area contributed by atoms with Crippen LogP contribution in [0.1, 0.15) is 19.5 Å². The van der Waals surface area contributed by atoms with Crippen molar-refractivity contribution in [3.05, 3.63) is 42.2 Å². The number of hydrogen-bond acceptors (Lipinski definition) is 2. The van der Waals surface area contributed by atoms with E-state index in [0.29, 0.717) is 6.42 Å². The second kappa shape index (κ2) is 4.19. The van der Waals surface area contributed by atoms with Crippen LogP contribution in [0.2, 0.25) is 0 Å². The molecule has 1 aromatic rings. The molecule has 1 unspecified atom stereocenters. The quantitative estimate of drug-likeness (QED) is 0.716. The lowest BCUT2D eigenvalue weighted by atomic mass is 9.99. The van der Waals surface area contributed by atoms with Crippen molar-refractivity contribution < 1.29 is 5.11 Å². The average molecular weight is 177 g/mol. The van der Waals surface area contributed by atoms with E-state index in [1.54, 1.807) is 19.2 Å². The molecule has 1 heterocycles. The molecular formula is C11H15NO. The van der Waals surface area contributed by atoms with Gasteiger partial charge in [0.15, 0.2) is 0 Å². The summed E-state index contributed by atoms with van der Waals surface area (Å²) in [7, 11) is 0. The predicted octanol–water partition coefficient (Wildman–Crippen LogP) is 1.95. The number of aliphatic hydroxyl groups is 1. The Morgan fingerprint density at radius 2 is 2.31 bits per heavy atom. The van der Waals surface area contributed by atoms with E-state index in [4.69, 9.17) is 0 Å². The number of rotatable bonds is 3. The third-order valence-corrected chi connectivity index (χ3v) is 1.79. The highest BCUT2D eigenvalue weighted by atomic mass is 16.3. The third kappa shape index (κ3) is 3.38. The van der Waals surface area contributed by atoms with Crippen LogP contribution in [0.25, 0.3) is 0 Å². The van der Waals surface area contributed by atoms with Gasteiger partial charge in [0.1, 0.15) is 0 Å². The van der Waals surface area contributed by atoms with Crippen LogP contribution in [0, 0.1) is 0 Å². The van der Waals surface area contributed by atoms with Gasteiger partial charge in [-0.25, -0.2) is 0 Å². The van der Waals surface area contributed by atoms with Crippen LogP contribution in [0.15, 0.2) is 36.5 Å². The summed E-state index contributed by atoms with van der Waals surface area (Å²) in [6.45, 7) is 3.68. The first kappa shape index (κ1) is 9.93. The Kier molecular flexibility index (Phi) is 3.20. The van der Waals surface area contributed by atoms with Crippen molar-refractivity contribution in [2.75, 3.05) is 0 Å². The van der Waals surface area contributed by atoms with Crippen molar-refractivity contribution in [2.45, 2.75) is 25.9 Å². The fourth-order valence-corrected chi connectivity index (χ4v) is 1.29. The zero-order valence-corrected chi connectivity index (χ0v) is 8.07. The van der Waals surface area contributed by atoms with Gasteiger partial charge in [0.05, 0.1) is 5.60 Å². The highest BCUT2D eigenvalue weighted by Crippen LogP contribution is 2.12. The van der Waals surface area contributed by atoms with Gasteiger partial charge in [0.25, 0.3) is 0 Å². The predicted molar refractivity (Wildman–Crippen MR) is 53.4 cm³/mol. The number of pyridine rings is 1. The highest BCUT2D eigenvalue weighted by Gasteiger charge is 2.16. The minimum absolute atomic E-state index is 0.554. The first-order valence-electron chi connectivity index (χ1n) is 4.40. The fourth-order valence-electron chi connectivity index (χ4n) is 1.29. The molecule has 0 fully saturated rings. The van der Waals surface area contributed by atoms with E-state index in [1.807, 2.05) is 31.2 Å². The van der Waals surface area contributed by atoms with Crippen molar-refractivity contribution in [3.63, 3.8) is 0 Å². The van der Waals surface area contributed by atoms with Gasteiger partial charge in [-0.05, 0) is 26.0 Å². The Hall–Kier alpha value is -1.15. The van der Waals surface area contributed by atoms with Gasteiger partial charge in [-0.3, -0.25) is 4.98 Å². The number of aromatic nitrogens is 1. The molecule has 1 N–H and O–H groups in total. The summed E-state index contributed by atoms with van der Waals surface area (Å²) in [5.41, 5.74) is 0.119. The minimum atomic E-state index is -0.789. The Labute approximate surface area is 78.9 Å². The Balaban J connectivity index is 2.69. The van der Waals surface area contributed by atoms with E-state index in [0.717, 1.165) is 5.69 Å². The van der Waals surface area contributed by atoms with Crippen LogP contribution in [-0.4, -0.2) is 15.7 Å². The molecule has 0 spiro atoms. The summed E-state index contributed by atoms with van der Waals surface area (Å²) in [6, 6.07) is 5.71. The maximum atomic E-state index is 9.84. The SMILES string of the molecule is C/C=C/C(C)(O)Cc1ccccn1. The van der Waals surface area contributed by atoms with Crippen LogP contribution < -0.4 is 0 Å². The lowest BCUT2D eigenvalue weighted by Crippen LogP contribution is -2.24. The Bertz CT molecular complexity index is 277. The molecule has 0 bridgehead atoms. The molecule has 0 saturated carbocycles. The van der Waals surface area contributed by atoms with Crippen molar-refractivity contribution in [2.24, 2.45) is 0 Å². The van der Waals surface area contributed by atoms with Crippen molar-refractivity contribution >= 4 is 0 Å². The van der Waals surface area contributed by atoms with Gasteiger partial charge in [0, 0.05) is 18.3 Å². The summed E-state index contributed by atoms with van der Waals surface area (Å²) in [6.07, 6.45) is 5.92. The standard InChI is InChI=1S/C11H15NO/c1-3-7-11(2,13)9-10-6-4-5-8-12-10/h3-8,13H,9H2,1-2H3/b7-3+. The largest absolute Gasteiger partial charge is 0.386 e. The van der Waals surface area contributed by atoms with Gasteiger partial charge in [-0.2, -0.15) is 0 Å². The first-order chi connectivity index (χ1) is 6.14. The third-order valence-electron chi connectivity index (χ3n) is 1.79. The van der Waals surface area contributed by atoms with E-state index in [1.165, 1.54) is 0 Å². The lowest BCUT2D eigenvalue weighted by Gasteiger charge is -2.17. The second-order valence-corrected chi connectivity index (χ2v) is 3.36. The molecule has 0 aliphatic carbocycles. The van der Waals surface area contributed by atoms with Crippen LogP contribution in [0.4, 0.5) is 0 Å². The first-order valence-corrected chi connectivity index (χ1v) is 4.40. The molecule has 0 saturated heterocycles. The maximum Gasteiger partial charge on any atom is 0.0854 e. The maximum absolute atomic E-state index is 9.84. The van der Waals surface area contributed by atoms with Gasteiger partial charge in [-0.15, -0.1) is 0 Å². The van der Waals surface area contributed by atoms with Crippen LogP contribution in [-0.2, 0) is 6.42 Å². The Morgan fingerprint density at radius 1 is 1.54 bits per heavy atom. The monoisotopic (exact) mass is 177 g/mol. The summed E-state index contributed by atoms with van der Waals surface area (Å²) < 4.78 is 0. The minimum Gasteiger partial charge on any atom is -0.386 e. The molecule has 0 aliphatic rings. The lowest BCUT2D eigenvalue weighted by molar-refractivity contribution is 0.111. The molecule has 13 heavy (non-hydrogen) atoms. The molecule has 1 atom stereocenters.